The molecule has 9 heteroatoms. The Balaban J connectivity index is 0.000000104. The van der Waals surface area contributed by atoms with Gasteiger partial charge in [-0.3, -0.25) is 0 Å². The number of furan rings is 3. The van der Waals surface area contributed by atoms with Crippen molar-refractivity contribution in [3.8, 4) is 73.4 Å². The highest BCUT2D eigenvalue weighted by Crippen LogP contribution is 2.50. The molecule has 516 valence electrons. The van der Waals surface area contributed by atoms with E-state index in [-0.39, 0.29) is 0 Å². The fourth-order valence-electron chi connectivity index (χ4n) is 16.9. The number of benzene rings is 16. The third kappa shape index (κ3) is 9.95. The van der Waals surface area contributed by atoms with Crippen LogP contribution in [0.4, 0.5) is 0 Å². The van der Waals surface area contributed by atoms with Crippen molar-refractivity contribution in [3.63, 3.8) is 0 Å². The van der Waals surface area contributed by atoms with Gasteiger partial charge in [0.25, 0.3) is 0 Å². The Morgan fingerprint density at radius 3 is 1.21 bits per heavy atom. The Hall–Kier alpha value is -14.5. The minimum atomic E-state index is 0.652. The number of hydrogen-bond acceptors (Lipinski definition) is 6. The number of fused-ring (bicyclic) bond motifs is 21. The predicted molar refractivity (Wildman–Crippen MR) is 457 cm³/mol. The van der Waals surface area contributed by atoms with Gasteiger partial charge in [0.15, 0.2) is 11.2 Å². The van der Waals surface area contributed by atoms with Crippen LogP contribution in [-0.2, 0) is 0 Å². The molecule has 8 nitrogen and oxygen atoms in total. The van der Waals surface area contributed by atoms with Gasteiger partial charge in [-0.25, -0.2) is 4.98 Å². The molecule has 8 aromatic heterocycles. The van der Waals surface area contributed by atoms with Gasteiger partial charge in [0.1, 0.15) is 33.8 Å². The van der Waals surface area contributed by atoms with E-state index in [0.29, 0.717) is 5.89 Å². The molecule has 0 atom stereocenters. The van der Waals surface area contributed by atoms with Crippen LogP contribution in [0.3, 0.4) is 0 Å². The normalized spacial score (nSPS) is 11.8. The molecular weight excluding hydrogens is 1370 g/mol. The van der Waals surface area contributed by atoms with Crippen molar-refractivity contribution in [2.75, 3.05) is 0 Å². The summed E-state index contributed by atoms with van der Waals surface area (Å²) in [7, 11) is 0. The first-order chi connectivity index (χ1) is 54.6. The van der Waals surface area contributed by atoms with E-state index in [4.69, 9.17) is 22.7 Å². The summed E-state index contributed by atoms with van der Waals surface area (Å²) >= 11 is 1.86. The molecule has 110 heavy (non-hydrogen) atoms. The van der Waals surface area contributed by atoms with Gasteiger partial charge in [-0.05, 0) is 114 Å². The Labute approximate surface area is 633 Å². The molecular formula is C101H62N4O4S. The smallest absolute Gasteiger partial charge is 0.227 e. The van der Waals surface area contributed by atoms with E-state index < -0.39 is 0 Å². The Morgan fingerprint density at radius 2 is 0.645 bits per heavy atom. The van der Waals surface area contributed by atoms with Gasteiger partial charge in [-0.2, -0.15) is 0 Å². The van der Waals surface area contributed by atoms with Gasteiger partial charge in [0.05, 0.1) is 65.3 Å². The van der Waals surface area contributed by atoms with Crippen molar-refractivity contribution < 1.29 is 17.7 Å². The molecule has 24 rings (SSSR count). The first-order valence-corrected chi connectivity index (χ1v) is 37.9. The number of nitrogens with zero attached hydrogens (tertiary/aromatic N) is 4. The minimum absolute atomic E-state index is 0.652. The topological polar surface area (TPSA) is 80.2 Å². The molecule has 0 aliphatic heterocycles. The SMILES string of the molecule is c1ccc(-c2nc3ccc4c(c5ccccc5n4-c4ccccc4)c3o2)cc1.c1ccc(-c2oc3c(ccc4c3c3ccccc3n4-c3cccc4c3oc3ccccc34)c2-c2ccccc2)cc1.c1ccc(-c2oc3c(ccc4c3c3ccccc3n4-c3cccc4c3sc3ccccc34)c2-c2ccccc2)cc1. The molecule has 0 saturated carbocycles. The number of hydrogen-bond donors (Lipinski definition) is 0. The van der Waals surface area contributed by atoms with Crippen LogP contribution >= 0.6 is 11.3 Å². The van der Waals surface area contributed by atoms with Gasteiger partial charge >= 0.3 is 0 Å². The van der Waals surface area contributed by atoms with Gasteiger partial charge < -0.3 is 31.4 Å². The summed E-state index contributed by atoms with van der Waals surface area (Å²) in [5.74, 6) is 2.44. The van der Waals surface area contributed by atoms with Crippen LogP contribution in [0.15, 0.2) is 394 Å². The lowest BCUT2D eigenvalue weighted by atomic mass is 9.98. The zero-order valence-corrected chi connectivity index (χ0v) is 59.9. The van der Waals surface area contributed by atoms with Gasteiger partial charge in [0.2, 0.25) is 5.89 Å². The molecule has 0 aliphatic rings. The highest BCUT2D eigenvalue weighted by Gasteiger charge is 2.28. The largest absolute Gasteiger partial charge is 0.455 e. The van der Waals surface area contributed by atoms with E-state index >= 15 is 0 Å². The Kier molecular flexibility index (Phi) is 14.6. The maximum absolute atomic E-state index is 6.94. The van der Waals surface area contributed by atoms with E-state index in [0.717, 1.165) is 166 Å². The molecule has 16 aromatic carbocycles. The van der Waals surface area contributed by atoms with Crippen LogP contribution in [0, 0.1) is 0 Å². The molecule has 0 aliphatic carbocycles. The van der Waals surface area contributed by atoms with Crippen molar-refractivity contribution in [1.82, 2.24) is 18.7 Å². The van der Waals surface area contributed by atoms with E-state index in [9.17, 15) is 0 Å². The van der Waals surface area contributed by atoms with Crippen LogP contribution in [0.1, 0.15) is 0 Å². The van der Waals surface area contributed by atoms with Crippen LogP contribution in [0.25, 0.3) is 214 Å². The standard InChI is InChI=1S/C38H23NO2.C38H23NOS.C25H16N2O/c1-3-12-24(13-4-1)34-29-22-23-31-35(38(29)41-36(34)25-14-5-2-6-15-25)28-17-7-9-19-30(28)39(31)32-20-11-18-27-26-16-8-10-21-33(26)40-37(27)32;1-3-12-24(13-4-1)34-29-22-23-31-35(37(29)40-36(34)25-14-5-2-6-15-25)28-17-7-9-19-30(28)39(31)32-20-11-18-27-26-16-8-10-21-33(26)41-38(27)32;1-3-9-17(10-4-1)25-26-20-15-16-22-23(24(20)28-25)19-13-7-8-14-21(19)27(22)18-11-5-2-6-12-18/h2*1-23H;1-16H. The van der Waals surface area contributed by atoms with E-state index in [2.05, 4.69) is 329 Å². The fourth-order valence-corrected chi connectivity index (χ4v) is 18.1. The lowest BCUT2D eigenvalue weighted by Gasteiger charge is -2.09. The van der Waals surface area contributed by atoms with Gasteiger partial charge in [0, 0.05) is 86.7 Å². The lowest BCUT2D eigenvalue weighted by Crippen LogP contribution is -1.94. The van der Waals surface area contributed by atoms with Crippen LogP contribution in [0.2, 0.25) is 0 Å². The Bertz CT molecular complexity index is 7350. The summed E-state index contributed by atoms with van der Waals surface area (Å²) in [5, 5.41) is 13.9. The van der Waals surface area contributed by atoms with Crippen LogP contribution in [-0.4, -0.2) is 18.7 Å². The number of para-hydroxylation sites is 6. The molecule has 8 heterocycles. The second-order valence-electron chi connectivity index (χ2n) is 27.8. The maximum Gasteiger partial charge on any atom is 0.227 e. The van der Waals surface area contributed by atoms with Gasteiger partial charge in [-0.1, -0.05) is 273 Å². The first-order valence-electron chi connectivity index (χ1n) is 37.1. The number of oxazole rings is 1. The number of rotatable bonds is 8. The third-order valence-corrected chi connectivity index (χ3v) is 22.9. The summed E-state index contributed by atoms with van der Waals surface area (Å²) in [6, 6.07) is 131. The monoisotopic (exact) mass is 1430 g/mol. The highest BCUT2D eigenvalue weighted by atomic mass is 32.1. The van der Waals surface area contributed by atoms with Crippen LogP contribution < -0.4 is 0 Å². The molecule has 0 fully saturated rings. The number of aromatic nitrogens is 4. The summed E-state index contributed by atoms with van der Waals surface area (Å²) in [4.78, 5) is 4.75. The lowest BCUT2D eigenvalue weighted by molar-refractivity contribution is 0.623. The van der Waals surface area contributed by atoms with Gasteiger partial charge in [-0.15, -0.1) is 11.3 Å². The molecule has 24 aromatic rings. The summed E-state index contributed by atoms with van der Waals surface area (Å²) < 4.78 is 36.3. The third-order valence-electron chi connectivity index (χ3n) is 21.7. The summed E-state index contributed by atoms with van der Waals surface area (Å²) in [6.07, 6.45) is 0. The van der Waals surface area contributed by atoms with Crippen molar-refractivity contribution in [2.24, 2.45) is 0 Å². The summed E-state index contributed by atoms with van der Waals surface area (Å²) in [6.45, 7) is 0. The van der Waals surface area contributed by atoms with Crippen molar-refractivity contribution in [1.29, 1.82) is 0 Å². The second-order valence-corrected chi connectivity index (χ2v) is 28.9. The van der Waals surface area contributed by atoms with Crippen molar-refractivity contribution in [2.45, 2.75) is 0 Å². The predicted octanol–water partition coefficient (Wildman–Crippen LogP) is 28.6. The molecule has 0 amide bonds. The zero-order valence-electron chi connectivity index (χ0n) is 59.1. The van der Waals surface area contributed by atoms with E-state index in [1.807, 2.05) is 72.0 Å². The number of thiophene rings is 1. The minimum Gasteiger partial charge on any atom is -0.455 e. The average Bonchev–Trinajstić information content (AvgIpc) is 1.59. The summed E-state index contributed by atoms with van der Waals surface area (Å²) in [5.41, 5.74) is 23.1. The average molecular weight is 1430 g/mol. The van der Waals surface area contributed by atoms with Crippen LogP contribution in [0.5, 0.6) is 0 Å². The highest BCUT2D eigenvalue weighted by molar-refractivity contribution is 7.26. The molecule has 0 saturated heterocycles. The fraction of sp³-hybridized carbons (Fsp3) is 0. The van der Waals surface area contributed by atoms with E-state index in [1.54, 1.807) is 0 Å². The maximum atomic E-state index is 6.94. The van der Waals surface area contributed by atoms with Crippen molar-refractivity contribution in [3.05, 3.63) is 376 Å². The van der Waals surface area contributed by atoms with E-state index in [1.165, 1.54) is 42.1 Å². The molecule has 0 radical (unpaired) electrons. The molecule has 0 spiro atoms. The Morgan fingerprint density at radius 1 is 0.236 bits per heavy atom. The quantitative estimate of drug-likeness (QED) is 0.151. The first kappa shape index (κ1) is 62.8. The molecule has 0 unspecified atom stereocenters. The zero-order chi connectivity index (χ0) is 72.3. The van der Waals surface area contributed by atoms with Crippen molar-refractivity contribution >= 4 is 152 Å². The molecule has 0 N–H and O–H groups in total. The second kappa shape index (κ2) is 25.6. The molecule has 0 bridgehead atoms.